The van der Waals surface area contributed by atoms with Crippen molar-refractivity contribution >= 4 is 0 Å². The van der Waals surface area contributed by atoms with E-state index in [2.05, 4.69) is 17.2 Å². The van der Waals surface area contributed by atoms with Crippen LogP contribution in [0.2, 0.25) is 0 Å². The Balaban J connectivity index is 2.11. The standard InChI is InChI=1S/C12H21N3/c1-9-12(10-6-4-3-5-7-10)15-11(14-9)8-13-2/h10,13H,3-8H2,1-2H3,(H,14,15). The third kappa shape index (κ3) is 2.40. The molecule has 1 aromatic heterocycles. The molecule has 0 spiro atoms. The van der Waals surface area contributed by atoms with Crippen molar-refractivity contribution in [2.75, 3.05) is 7.05 Å². The molecule has 1 saturated carbocycles. The predicted octanol–water partition coefficient (Wildman–Crippen LogP) is 2.49. The number of imidazole rings is 1. The Morgan fingerprint density at radius 3 is 2.73 bits per heavy atom. The van der Waals surface area contributed by atoms with Gasteiger partial charge in [0.15, 0.2) is 0 Å². The highest BCUT2D eigenvalue weighted by molar-refractivity contribution is 5.18. The van der Waals surface area contributed by atoms with Gasteiger partial charge in [-0.3, -0.25) is 0 Å². The highest BCUT2D eigenvalue weighted by Gasteiger charge is 2.20. The lowest BCUT2D eigenvalue weighted by atomic mass is 9.86. The number of hydrogen-bond donors (Lipinski definition) is 2. The number of aryl methyl sites for hydroxylation is 1. The van der Waals surface area contributed by atoms with E-state index in [1.807, 2.05) is 7.05 Å². The van der Waals surface area contributed by atoms with Gasteiger partial charge in [0.25, 0.3) is 0 Å². The Hall–Kier alpha value is -0.830. The van der Waals surface area contributed by atoms with Crippen LogP contribution in [0.1, 0.15) is 55.2 Å². The summed E-state index contributed by atoms with van der Waals surface area (Å²) in [6.07, 6.45) is 6.80. The summed E-state index contributed by atoms with van der Waals surface area (Å²) in [5.41, 5.74) is 2.59. The molecule has 1 aliphatic rings. The Morgan fingerprint density at radius 2 is 2.07 bits per heavy atom. The molecule has 1 fully saturated rings. The van der Waals surface area contributed by atoms with E-state index in [0.717, 1.165) is 12.4 Å². The summed E-state index contributed by atoms with van der Waals surface area (Å²) in [7, 11) is 1.96. The summed E-state index contributed by atoms with van der Waals surface area (Å²) < 4.78 is 0. The SMILES string of the molecule is CNCc1nc(C2CCCCC2)c(C)[nH]1. The first-order valence-corrected chi connectivity index (χ1v) is 6.01. The Bertz CT molecular complexity index is 311. The predicted molar refractivity (Wildman–Crippen MR) is 61.9 cm³/mol. The van der Waals surface area contributed by atoms with E-state index in [1.165, 1.54) is 43.5 Å². The average molecular weight is 207 g/mol. The lowest BCUT2D eigenvalue weighted by Gasteiger charge is -2.20. The van der Waals surface area contributed by atoms with Crippen LogP contribution in [0, 0.1) is 6.92 Å². The van der Waals surface area contributed by atoms with Crippen LogP contribution in [0.15, 0.2) is 0 Å². The highest BCUT2D eigenvalue weighted by atomic mass is 15.0. The van der Waals surface area contributed by atoms with Crippen LogP contribution in [0.3, 0.4) is 0 Å². The van der Waals surface area contributed by atoms with Crippen molar-refractivity contribution in [3.63, 3.8) is 0 Å². The molecule has 84 valence electrons. The monoisotopic (exact) mass is 207 g/mol. The van der Waals surface area contributed by atoms with Gasteiger partial charge >= 0.3 is 0 Å². The smallest absolute Gasteiger partial charge is 0.120 e. The van der Waals surface area contributed by atoms with Crippen molar-refractivity contribution < 1.29 is 0 Å². The molecule has 1 aliphatic carbocycles. The summed E-state index contributed by atoms with van der Waals surface area (Å²) in [4.78, 5) is 8.07. The van der Waals surface area contributed by atoms with Crippen LogP contribution in [0.5, 0.6) is 0 Å². The molecule has 15 heavy (non-hydrogen) atoms. The fourth-order valence-electron chi connectivity index (χ4n) is 2.56. The summed E-state index contributed by atoms with van der Waals surface area (Å²) in [6.45, 7) is 2.99. The fourth-order valence-corrected chi connectivity index (χ4v) is 2.56. The van der Waals surface area contributed by atoms with Crippen LogP contribution in [-0.2, 0) is 6.54 Å². The number of hydrogen-bond acceptors (Lipinski definition) is 2. The van der Waals surface area contributed by atoms with Crippen molar-refractivity contribution in [3.05, 3.63) is 17.2 Å². The largest absolute Gasteiger partial charge is 0.345 e. The molecule has 0 bridgehead atoms. The second-order valence-electron chi connectivity index (χ2n) is 4.56. The molecular weight excluding hydrogens is 186 g/mol. The van der Waals surface area contributed by atoms with Gasteiger partial charge in [0, 0.05) is 11.6 Å². The molecule has 2 rings (SSSR count). The van der Waals surface area contributed by atoms with E-state index < -0.39 is 0 Å². The van der Waals surface area contributed by atoms with E-state index in [-0.39, 0.29) is 0 Å². The first kappa shape index (κ1) is 10.7. The van der Waals surface area contributed by atoms with E-state index >= 15 is 0 Å². The Labute approximate surface area is 91.7 Å². The minimum atomic E-state index is 0.709. The summed E-state index contributed by atoms with van der Waals surface area (Å²) in [5.74, 6) is 1.79. The Kier molecular flexibility index (Phi) is 3.41. The molecule has 3 heteroatoms. The normalized spacial score (nSPS) is 18.3. The molecule has 3 nitrogen and oxygen atoms in total. The van der Waals surface area contributed by atoms with Gasteiger partial charge < -0.3 is 10.3 Å². The maximum atomic E-state index is 4.71. The van der Waals surface area contributed by atoms with Crippen molar-refractivity contribution in [1.82, 2.24) is 15.3 Å². The molecule has 0 amide bonds. The van der Waals surface area contributed by atoms with Crippen LogP contribution in [-0.4, -0.2) is 17.0 Å². The maximum Gasteiger partial charge on any atom is 0.120 e. The molecule has 0 saturated heterocycles. The van der Waals surface area contributed by atoms with E-state index in [1.54, 1.807) is 0 Å². The molecule has 0 radical (unpaired) electrons. The number of aromatic amines is 1. The summed E-state index contributed by atoms with van der Waals surface area (Å²) in [5, 5.41) is 3.13. The minimum absolute atomic E-state index is 0.709. The van der Waals surface area contributed by atoms with Gasteiger partial charge in [-0.05, 0) is 26.8 Å². The molecule has 0 aromatic carbocycles. The lowest BCUT2D eigenvalue weighted by molar-refractivity contribution is 0.436. The second-order valence-corrected chi connectivity index (χ2v) is 4.56. The third-order valence-electron chi connectivity index (χ3n) is 3.31. The fraction of sp³-hybridized carbons (Fsp3) is 0.750. The van der Waals surface area contributed by atoms with Crippen molar-refractivity contribution in [3.8, 4) is 0 Å². The van der Waals surface area contributed by atoms with Gasteiger partial charge in [-0.1, -0.05) is 19.3 Å². The van der Waals surface area contributed by atoms with E-state index in [0.29, 0.717) is 5.92 Å². The molecular formula is C12H21N3. The lowest BCUT2D eigenvalue weighted by Crippen LogP contribution is -2.08. The first-order valence-electron chi connectivity index (χ1n) is 6.01. The number of H-pyrrole nitrogens is 1. The zero-order valence-corrected chi connectivity index (χ0v) is 9.77. The van der Waals surface area contributed by atoms with Crippen molar-refractivity contribution in [1.29, 1.82) is 0 Å². The number of aromatic nitrogens is 2. The van der Waals surface area contributed by atoms with Gasteiger partial charge in [0.05, 0.1) is 12.2 Å². The van der Waals surface area contributed by atoms with E-state index in [9.17, 15) is 0 Å². The third-order valence-corrected chi connectivity index (χ3v) is 3.31. The average Bonchev–Trinajstić information content (AvgIpc) is 2.61. The number of nitrogens with one attached hydrogen (secondary N) is 2. The van der Waals surface area contributed by atoms with Gasteiger partial charge in [0.1, 0.15) is 5.82 Å². The zero-order valence-electron chi connectivity index (χ0n) is 9.77. The van der Waals surface area contributed by atoms with Gasteiger partial charge in [-0.2, -0.15) is 0 Å². The molecule has 0 aliphatic heterocycles. The quantitative estimate of drug-likeness (QED) is 0.799. The number of nitrogens with zero attached hydrogens (tertiary/aromatic N) is 1. The topological polar surface area (TPSA) is 40.7 Å². The van der Waals surface area contributed by atoms with Gasteiger partial charge in [0.2, 0.25) is 0 Å². The second kappa shape index (κ2) is 4.79. The van der Waals surface area contributed by atoms with Crippen LogP contribution < -0.4 is 5.32 Å². The molecule has 1 heterocycles. The van der Waals surface area contributed by atoms with Crippen molar-refractivity contribution in [2.45, 2.75) is 51.5 Å². The van der Waals surface area contributed by atoms with Crippen LogP contribution in [0.25, 0.3) is 0 Å². The molecule has 2 N–H and O–H groups in total. The first-order chi connectivity index (χ1) is 7.31. The highest BCUT2D eigenvalue weighted by Crippen LogP contribution is 2.32. The summed E-state index contributed by atoms with van der Waals surface area (Å²) >= 11 is 0. The zero-order chi connectivity index (χ0) is 10.7. The van der Waals surface area contributed by atoms with Crippen molar-refractivity contribution in [2.24, 2.45) is 0 Å². The molecule has 0 unspecified atom stereocenters. The van der Waals surface area contributed by atoms with Gasteiger partial charge in [-0.25, -0.2) is 4.98 Å². The number of rotatable bonds is 3. The van der Waals surface area contributed by atoms with E-state index in [4.69, 9.17) is 4.98 Å². The molecule has 1 aromatic rings. The minimum Gasteiger partial charge on any atom is -0.345 e. The maximum absolute atomic E-state index is 4.71. The summed E-state index contributed by atoms with van der Waals surface area (Å²) in [6, 6.07) is 0. The van der Waals surface area contributed by atoms with Crippen LogP contribution in [0.4, 0.5) is 0 Å². The van der Waals surface area contributed by atoms with Crippen LogP contribution >= 0.6 is 0 Å². The van der Waals surface area contributed by atoms with Gasteiger partial charge in [-0.15, -0.1) is 0 Å². The molecule has 0 atom stereocenters. The Morgan fingerprint density at radius 1 is 1.33 bits per heavy atom.